The number of piperazine rings is 1. The number of hydrazone groups is 1. The highest BCUT2D eigenvalue weighted by Crippen LogP contribution is 2.17. The summed E-state index contributed by atoms with van der Waals surface area (Å²) in [6, 6.07) is 12.1. The molecule has 6 nitrogen and oxygen atoms in total. The van der Waals surface area contributed by atoms with E-state index in [2.05, 4.69) is 31.0 Å². The molecule has 0 aliphatic carbocycles. The molecule has 0 radical (unpaired) electrons. The fraction of sp³-hybridized carbons (Fsp3) is 0.278. The zero-order valence-electron chi connectivity index (χ0n) is 14.4. The van der Waals surface area contributed by atoms with Crippen molar-refractivity contribution in [3.63, 3.8) is 0 Å². The molecule has 3 N–H and O–H groups in total. The second-order valence-electron chi connectivity index (χ2n) is 5.89. The highest BCUT2D eigenvalue weighted by molar-refractivity contribution is 7.80. The number of nitrogens with zero attached hydrogens (tertiary/aromatic N) is 3. The Labute approximate surface area is 157 Å². The zero-order valence-corrected chi connectivity index (χ0v) is 15.3. The van der Waals surface area contributed by atoms with Gasteiger partial charge in [0.25, 0.3) is 0 Å². The summed E-state index contributed by atoms with van der Waals surface area (Å²) in [5.74, 6) is -0.245. The molecule has 1 atom stereocenters. The average Bonchev–Trinajstić information content (AvgIpc) is 2.68. The maximum Gasteiger partial charge on any atom is 0.188 e. The molecule has 1 fully saturated rings. The Kier molecular flexibility index (Phi) is 6.08. The van der Waals surface area contributed by atoms with E-state index in [4.69, 9.17) is 12.2 Å². The van der Waals surface area contributed by atoms with Crippen molar-refractivity contribution in [1.29, 1.82) is 0 Å². The Morgan fingerprint density at radius 1 is 1.31 bits per heavy atom. The predicted molar refractivity (Wildman–Crippen MR) is 106 cm³/mol. The molecule has 1 unspecified atom stereocenters. The van der Waals surface area contributed by atoms with Gasteiger partial charge in [-0.15, -0.1) is 0 Å². The first kappa shape index (κ1) is 18.2. The normalized spacial score (nSPS) is 17.7. The van der Waals surface area contributed by atoms with Crippen molar-refractivity contribution in [2.45, 2.75) is 13.1 Å². The van der Waals surface area contributed by atoms with Crippen molar-refractivity contribution in [2.75, 3.05) is 24.5 Å². The number of nitrogens with one attached hydrogen (secondary N) is 3. The van der Waals surface area contributed by atoms with Crippen LogP contribution in [0.15, 0.2) is 53.8 Å². The largest absolute Gasteiger partial charge is 0.349 e. The van der Waals surface area contributed by atoms with E-state index in [1.807, 2.05) is 25.1 Å². The van der Waals surface area contributed by atoms with Crippen LogP contribution in [0.1, 0.15) is 12.6 Å². The highest BCUT2D eigenvalue weighted by Gasteiger charge is 2.23. The molecule has 2 aromatic rings. The van der Waals surface area contributed by atoms with Gasteiger partial charge in [-0.1, -0.05) is 6.07 Å². The van der Waals surface area contributed by atoms with Crippen LogP contribution in [0.3, 0.4) is 0 Å². The van der Waals surface area contributed by atoms with Crippen LogP contribution in [0.25, 0.3) is 0 Å². The van der Waals surface area contributed by atoms with Crippen molar-refractivity contribution < 1.29 is 4.39 Å². The molecule has 0 amide bonds. The van der Waals surface area contributed by atoms with Crippen LogP contribution < -0.4 is 21.0 Å². The lowest BCUT2D eigenvalue weighted by Gasteiger charge is -2.38. The Balaban J connectivity index is 1.62. The maximum absolute atomic E-state index is 13.2. The summed E-state index contributed by atoms with van der Waals surface area (Å²) in [7, 11) is 0. The summed E-state index contributed by atoms with van der Waals surface area (Å²) < 4.78 is 13.2. The summed E-state index contributed by atoms with van der Waals surface area (Å²) in [6.07, 6.45) is 1.67. The van der Waals surface area contributed by atoms with Crippen LogP contribution >= 0.6 is 12.2 Å². The van der Waals surface area contributed by atoms with Crippen molar-refractivity contribution in [3.8, 4) is 0 Å². The Hall–Kier alpha value is -2.58. The molecule has 3 rings (SSSR count). The van der Waals surface area contributed by atoms with E-state index in [0.717, 1.165) is 30.2 Å². The lowest BCUT2D eigenvalue weighted by atomic mass is 10.2. The van der Waals surface area contributed by atoms with Gasteiger partial charge in [-0.05, 0) is 55.5 Å². The number of rotatable bonds is 4. The number of hydrogen-bond donors (Lipinski definition) is 3. The SMILES string of the molecule is CC(=NNC(=S)NC1CNCCN1c1ccc(F)cc1)c1ccccn1. The van der Waals surface area contributed by atoms with Crippen LogP contribution in [-0.2, 0) is 0 Å². The topological polar surface area (TPSA) is 64.6 Å². The molecular weight excluding hydrogens is 351 g/mol. The van der Waals surface area contributed by atoms with E-state index in [1.54, 1.807) is 18.3 Å². The Bertz CT molecular complexity index is 765. The van der Waals surface area contributed by atoms with Gasteiger partial charge in [-0.2, -0.15) is 5.10 Å². The fourth-order valence-corrected chi connectivity index (χ4v) is 2.91. The summed E-state index contributed by atoms with van der Waals surface area (Å²) in [4.78, 5) is 6.40. The van der Waals surface area contributed by atoms with E-state index in [1.165, 1.54) is 12.1 Å². The lowest BCUT2D eigenvalue weighted by Crippen LogP contribution is -2.60. The summed E-state index contributed by atoms with van der Waals surface area (Å²) in [5.41, 5.74) is 5.34. The minimum Gasteiger partial charge on any atom is -0.349 e. The van der Waals surface area contributed by atoms with Gasteiger partial charge in [-0.3, -0.25) is 10.4 Å². The van der Waals surface area contributed by atoms with E-state index >= 15 is 0 Å². The number of benzene rings is 1. The summed E-state index contributed by atoms with van der Waals surface area (Å²) in [5, 5.41) is 11.3. The first-order chi connectivity index (χ1) is 12.6. The zero-order chi connectivity index (χ0) is 18.4. The number of thiocarbonyl (C=S) groups is 1. The van der Waals surface area contributed by atoms with Gasteiger partial charge < -0.3 is 15.5 Å². The molecule has 0 saturated carbocycles. The number of halogens is 1. The molecule has 8 heteroatoms. The Morgan fingerprint density at radius 3 is 2.85 bits per heavy atom. The minimum atomic E-state index is -0.245. The number of aromatic nitrogens is 1. The predicted octanol–water partition coefficient (Wildman–Crippen LogP) is 1.84. The van der Waals surface area contributed by atoms with Crippen LogP contribution in [-0.4, -0.2) is 41.6 Å². The third-order valence-corrected chi connectivity index (χ3v) is 4.27. The van der Waals surface area contributed by atoms with E-state index in [9.17, 15) is 4.39 Å². The smallest absolute Gasteiger partial charge is 0.188 e. The Morgan fingerprint density at radius 2 is 2.12 bits per heavy atom. The van der Waals surface area contributed by atoms with Crippen molar-refractivity contribution in [3.05, 3.63) is 60.2 Å². The van der Waals surface area contributed by atoms with Crippen molar-refractivity contribution in [2.24, 2.45) is 5.10 Å². The monoisotopic (exact) mass is 372 g/mol. The molecule has 1 aromatic carbocycles. The minimum absolute atomic E-state index is 0.0560. The molecule has 0 bridgehead atoms. The third kappa shape index (κ3) is 4.74. The molecule has 136 valence electrons. The first-order valence-corrected chi connectivity index (χ1v) is 8.79. The number of hydrogen-bond acceptors (Lipinski definition) is 5. The maximum atomic E-state index is 13.2. The molecule has 2 heterocycles. The molecule has 26 heavy (non-hydrogen) atoms. The van der Waals surface area contributed by atoms with Crippen LogP contribution in [0, 0.1) is 5.82 Å². The number of pyridine rings is 1. The molecule has 1 saturated heterocycles. The third-order valence-electron chi connectivity index (χ3n) is 4.06. The fourth-order valence-electron chi connectivity index (χ4n) is 2.73. The van der Waals surface area contributed by atoms with E-state index in [0.29, 0.717) is 11.7 Å². The van der Waals surface area contributed by atoms with Crippen LogP contribution in [0.5, 0.6) is 0 Å². The molecule has 1 aliphatic heterocycles. The second-order valence-corrected chi connectivity index (χ2v) is 6.30. The second kappa shape index (κ2) is 8.68. The molecule has 1 aromatic heterocycles. The standard InChI is InChI=1S/C18H21FN6S/c1-13(16-4-2-3-9-21-16)23-24-18(26)22-17-12-20-10-11-25(17)15-7-5-14(19)6-8-15/h2-9,17,20H,10-12H2,1H3,(H2,22,24,26). The van der Waals surface area contributed by atoms with Crippen LogP contribution in [0.4, 0.5) is 10.1 Å². The van der Waals surface area contributed by atoms with Crippen molar-refractivity contribution >= 4 is 28.7 Å². The van der Waals surface area contributed by atoms with Crippen molar-refractivity contribution in [1.82, 2.24) is 21.0 Å². The van der Waals surface area contributed by atoms with Gasteiger partial charge in [0.1, 0.15) is 12.0 Å². The van der Waals surface area contributed by atoms with E-state index in [-0.39, 0.29) is 12.0 Å². The van der Waals surface area contributed by atoms with Gasteiger partial charge in [0.15, 0.2) is 5.11 Å². The summed E-state index contributed by atoms with van der Waals surface area (Å²) in [6.45, 7) is 4.22. The quantitative estimate of drug-likeness (QED) is 0.432. The average molecular weight is 372 g/mol. The van der Waals surface area contributed by atoms with E-state index < -0.39 is 0 Å². The van der Waals surface area contributed by atoms with Gasteiger partial charge in [0.2, 0.25) is 0 Å². The first-order valence-electron chi connectivity index (χ1n) is 8.38. The molecule has 0 spiro atoms. The summed E-state index contributed by atoms with van der Waals surface area (Å²) >= 11 is 5.36. The highest BCUT2D eigenvalue weighted by atomic mass is 32.1. The van der Waals surface area contributed by atoms with Gasteiger partial charge in [-0.25, -0.2) is 4.39 Å². The molecule has 1 aliphatic rings. The van der Waals surface area contributed by atoms with Gasteiger partial charge in [0.05, 0.1) is 11.4 Å². The van der Waals surface area contributed by atoms with Gasteiger partial charge >= 0.3 is 0 Å². The lowest BCUT2D eigenvalue weighted by molar-refractivity contribution is 0.454. The van der Waals surface area contributed by atoms with Gasteiger partial charge in [0, 0.05) is 31.5 Å². The van der Waals surface area contributed by atoms with Crippen LogP contribution in [0.2, 0.25) is 0 Å². The molecular formula is C18H21FN6S. The number of anilines is 1.